The Bertz CT molecular complexity index is 513. The van der Waals surface area contributed by atoms with Gasteiger partial charge < -0.3 is 10.1 Å². The summed E-state index contributed by atoms with van der Waals surface area (Å²) in [4.78, 5) is 27.2. The van der Waals surface area contributed by atoms with Crippen LogP contribution < -0.4 is 5.32 Å². The molecule has 5 nitrogen and oxygen atoms in total. The summed E-state index contributed by atoms with van der Waals surface area (Å²) >= 11 is 0. The van der Waals surface area contributed by atoms with Crippen LogP contribution in [-0.2, 0) is 9.53 Å². The Morgan fingerprint density at radius 2 is 2.10 bits per heavy atom. The van der Waals surface area contributed by atoms with Crippen LogP contribution in [0.15, 0.2) is 18.5 Å². The molecule has 0 aromatic carbocycles. The summed E-state index contributed by atoms with van der Waals surface area (Å²) in [6.07, 6.45) is 5.16. The van der Waals surface area contributed by atoms with Gasteiger partial charge in [0.25, 0.3) is 5.91 Å². The zero-order valence-corrected chi connectivity index (χ0v) is 12.0. The van der Waals surface area contributed by atoms with E-state index in [9.17, 15) is 14.0 Å². The molecular formula is C15H19FN2O3. The number of carbonyl (C=O) groups excluding carboxylic acids is 2. The van der Waals surface area contributed by atoms with E-state index in [1.807, 2.05) is 0 Å². The van der Waals surface area contributed by atoms with Crippen molar-refractivity contribution in [3.05, 3.63) is 29.8 Å². The molecule has 114 valence electrons. The molecule has 1 heterocycles. The number of nitrogens with zero attached hydrogens (tertiary/aromatic N) is 1. The highest BCUT2D eigenvalue weighted by Gasteiger charge is 2.28. The Hall–Kier alpha value is -1.98. The Morgan fingerprint density at radius 3 is 2.71 bits per heavy atom. The summed E-state index contributed by atoms with van der Waals surface area (Å²) in [5, 5.41) is 2.81. The maximum Gasteiger partial charge on any atom is 0.308 e. The first-order valence-electron chi connectivity index (χ1n) is 7.18. The van der Waals surface area contributed by atoms with Crippen LogP contribution in [0.25, 0.3) is 0 Å². The fourth-order valence-electron chi connectivity index (χ4n) is 2.56. The lowest BCUT2D eigenvalue weighted by atomic mass is 9.86. The zero-order chi connectivity index (χ0) is 15.2. The molecular weight excluding hydrogens is 275 g/mol. The van der Waals surface area contributed by atoms with Crippen molar-refractivity contribution < 1.29 is 18.7 Å². The van der Waals surface area contributed by atoms with E-state index in [0.717, 1.165) is 6.20 Å². The van der Waals surface area contributed by atoms with E-state index in [1.54, 1.807) is 6.92 Å². The molecule has 6 heteroatoms. The molecule has 21 heavy (non-hydrogen) atoms. The normalized spacial score (nSPS) is 21.6. The zero-order valence-electron chi connectivity index (χ0n) is 12.0. The molecule has 1 fully saturated rings. The van der Waals surface area contributed by atoms with Crippen molar-refractivity contribution >= 4 is 11.9 Å². The molecule has 1 saturated carbocycles. The Morgan fingerprint density at radius 1 is 1.38 bits per heavy atom. The van der Waals surface area contributed by atoms with Gasteiger partial charge in [-0.1, -0.05) is 0 Å². The molecule has 0 spiro atoms. The molecule has 0 atom stereocenters. The molecule has 1 aliphatic carbocycles. The summed E-state index contributed by atoms with van der Waals surface area (Å²) in [6, 6.07) is 1.32. The quantitative estimate of drug-likeness (QED) is 0.863. The van der Waals surface area contributed by atoms with Crippen LogP contribution in [0.5, 0.6) is 0 Å². The van der Waals surface area contributed by atoms with Gasteiger partial charge in [-0.15, -0.1) is 0 Å². The number of nitrogens with one attached hydrogen (secondary N) is 1. The van der Waals surface area contributed by atoms with Crippen molar-refractivity contribution in [1.82, 2.24) is 10.3 Å². The maximum atomic E-state index is 13.5. The second kappa shape index (κ2) is 7.15. The number of hydrogen-bond donors (Lipinski definition) is 1. The predicted octanol–water partition coefficient (Wildman–Crippen LogP) is 2.07. The average molecular weight is 294 g/mol. The first kappa shape index (κ1) is 15.4. The smallest absolute Gasteiger partial charge is 0.308 e. The molecule has 1 aliphatic rings. The monoisotopic (exact) mass is 294 g/mol. The van der Waals surface area contributed by atoms with Gasteiger partial charge in [0.05, 0.1) is 24.3 Å². The molecule has 1 amide bonds. The third-order valence-corrected chi connectivity index (χ3v) is 3.70. The van der Waals surface area contributed by atoms with Crippen molar-refractivity contribution in [1.29, 1.82) is 0 Å². The van der Waals surface area contributed by atoms with Crippen LogP contribution in [0.4, 0.5) is 4.39 Å². The molecule has 2 rings (SSSR count). The van der Waals surface area contributed by atoms with Gasteiger partial charge in [0.2, 0.25) is 0 Å². The van der Waals surface area contributed by atoms with Crippen molar-refractivity contribution in [2.75, 3.05) is 6.61 Å². The van der Waals surface area contributed by atoms with Crippen molar-refractivity contribution in [3.63, 3.8) is 0 Å². The van der Waals surface area contributed by atoms with E-state index in [4.69, 9.17) is 4.74 Å². The molecule has 0 bridgehead atoms. The molecule has 1 aromatic rings. The van der Waals surface area contributed by atoms with Gasteiger partial charge in [0.15, 0.2) is 5.82 Å². The molecule has 0 aliphatic heterocycles. The van der Waals surface area contributed by atoms with Crippen molar-refractivity contribution in [3.8, 4) is 0 Å². The van der Waals surface area contributed by atoms with E-state index >= 15 is 0 Å². The summed E-state index contributed by atoms with van der Waals surface area (Å²) in [5.74, 6) is -1.32. The Labute approximate surface area is 122 Å². The fraction of sp³-hybridized carbons (Fsp3) is 0.533. The minimum Gasteiger partial charge on any atom is -0.466 e. The van der Waals surface area contributed by atoms with E-state index in [-0.39, 0.29) is 23.5 Å². The first-order chi connectivity index (χ1) is 10.1. The number of pyridine rings is 1. The highest BCUT2D eigenvalue weighted by atomic mass is 19.1. The van der Waals surface area contributed by atoms with Gasteiger partial charge in [-0.25, -0.2) is 4.39 Å². The highest BCUT2D eigenvalue weighted by molar-refractivity contribution is 5.94. The van der Waals surface area contributed by atoms with Crippen molar-refractivity contribution in [2.24, 2.45) is 5.92 Å². The third kappa shape index (κ3) is 4.00. The van der Waals surface area contributed by atoms with E-state index in [2.05, 4.69) is 10.3 Å². The van der Waals surface area contributed by atoms with E-state index < -0.39 is 11.7 Å². The SMILES string of the molecule is CCOC(=O)C1CCC(NC(=O)c2ccncc2F)CC1. The standard InChI is InChI=1S/C15H19FN2O3/c1-2-21-15(20)10-3-5-11(6-4-10)18-14(19)12-7-8-17-9-13(12)16/h7-11H,2-6H2,1H3,(H,18,19). The number of amides is 1. The Kier molecular flexibility index (Phi) is 5.25. The van der Waals surface area contributed by atoms with Crippen LogP contribution in [0.1, 0.15) is 43.0 Å². The summed E-state index contributed by atoms with van der Waals surface area (Å²) in [7, 11) is 0. The predicted molar refractivity (Wildman–Crippen MR) is 74.0 cm³/mol. The van der Waals surface area contributed by atoms with Gasteiger partial charge in [0, 0.05) is 12.2 Å². The summed E-state index contributed by atoms with van der Waals surface area (Å²) < 4.78 is 18.5. The minimum absolute atomic E-state index is 0.00230. The molecule has 1 aromatic heterocycles. The third-order valence-electron chi connectivity index (χ3n) is 3.70. The number of hydrogen-bond acceptors (Lipinski definition) is 4. The number of rotatable bonds is 4. The lowest BCUT2D eigenvalue weighted by molar-refractivity contribution is -0.149. The van der Waals surface area contributed by atoms with Crippen LogP contribution in [0.3, 0.4) is 0 Å². The maximum absolute atomic E-state index is 13.5. The lowest BCUT2D eigenvalue weighted by Gasteiger charge is -2.27. The topological polar surface area (TPSA) is 68.3 Å². The first-order valence-corrected chi connectivity index (χ1v) is 7.18. The van der Waals surface area contributed by atoms with Crippen LogP contribution >= 0.6 is 0 Å². The van der Waals surface area contributed by atoms with Gasteiger partial charge in [0.1, 0.15) is 0 Å². The highest BCUT2D eigenvalue weighted by Crippen LogP contribution is 2.25. The second-order valence-electron chi connectivity index (χ2n) is 5.13. The van der Waals surface area contributed by atoms with Crippen molar-refractivity contribution in [2.45, 2.75) is 38.6 Å². The molecule has 0 radical (unpaired) electrons. The lowest BCUT2D eigenvalue weighted by Crippen LogP contribution is -2.39. The van der Waals surface area contributed by atoms with E-state index in [1.165, 1.54) is 12.3 Å². The summed E-state index contributed by atoms with van der Waals surface area (Å²) in [6.45, 7) is 2.17. The van der Waals surface area contributed by atoms with E-state index in [0.29, 0.717) is 32.3 Å². The number of esters is 1. The molecule has 1 N–H and O–H groups in total. The van der Waals surface area contributed by atoms with Gasteiger partial charge in [-0.05, 0) is 38.7 Å². The minimum atomic E-state index is -0.629. The molecule has 0 unspecified atom stereocenters. The largest absolute Gasteiger partial charge is 0.466 e. The average Bonchev–Trinajstić information content (AvgIpc) is 2.48. The van der Waals surface area contributed by atoms with Gasteiger partial charge >= 0.3 is 5.97 Å². The van der Waals surface area contributed by atoms with Crippen LogP contribution in [-0.4, -0.2) is 29.5 Å². The Balaban J connectivity index is 1.85. The fourth-order valence-corrected chi connectivity index (χ4v) is 2.56. The van der Waals surface area contributed by atoms with Gasteiger partial charge in [-0.2, -0.15) is 0 Å². The number of halogens is 1. The second-order valence-corrected chi connectivity index (χ2v) is 5.13. The summed E-state index contributed by atoms with van der Waals surface area (Å²) in [5.41, 5.74) is -0.00230. The van der Waals surface area contributed by atoms with Gasteiger partial charge in [-0.3, -0.25) is 14.6 Å². The van der Waals surface area contributed by atoms with Crippen LogP contribution in [0, 0.1) is 11.7 Å². The number of aromatic nitrogens is 1. The number of ether oxygens (including phenoxy) is 1. The molecule has 0 saturated heterocycles. The number of carbonyl (C=O) groups is 2. The van der Waals surface area contributed by atoms with Crippen LogP contribution in [0.2, 0.25) is 0 Å².